The molecule has 174 valence electrons. The van der Waals surface area contributed by atoms with Crippen LogP contribution in [0.1, 0.15) is 22.7 Å². The Labute approximate surface area is 203 Å². The molecule has 1 unspecified atom stereocenters. The maximum atomic E-state index is 13.1. The Bertz CT molecular complexity index is 1190. The van der Waals surface area contributed by atoms with E-state index < -0.39 is 6.04 Å². The van der Waals surface area contributed by atoms with Crippen LogP contribution in [0, 0.1) is 0 Å². The number of halogens is 1. The lowest BCUT2D eigenvalue weighted by atomic mass is 10.1. The van der Waals surface area contributed by atoms with Gasteiger partial charge in [0, 0.05) is 30.4 Å². The highest BCUT2D eigenvalue weighted by Crippen LogP contribution is 2.18. The van der Waals surface area contributed by atoms with Crippen molar-refractivity contribution in [3.8, 4) is 5.75 Å². The quantitative estimate of drug-likeness (QED) is 0.351. The van der Waals surface area contributed by atoms with Crippen LogP contribution < -0.4 is 15.4 Å². The normalized spacial score (nSPS) is 11.7. The molecule has 1 amide bonds. The zero-order chi connectivity index (χ0) is 23.8. The molecule has 2 N–H and O–H groups in total. The molecule has 0 aliphatic heterocycles. The van der Waals surface area contributed by atoms with E-state index in [0.29, 0.717) is 29.7 Å². The molecule has 0 radical (unpaired) electrons. The van der Waals surface area contributed by atoms with Gasteiger partial charge in [0.15, 0.2) is 0 Å². The van der Waals surface area contributed by atoms with Gasteiger partial charge in [0.25, 0.3) is 0 Å². The van der Waals surface area contributed by atoms with Crippen molar-refractivity contribution in [3.63, 3.8) is 0 Å². The molecular formula is C26H26ClN5O2. The molecule has 0 saturated carbocycles. The zero-order valence-electron chi connectivity index (χ0n) is 18.8. The number of aryl methyl sites for hydroxylation is 1. The molecule has 2 heterocycles. The number of aromatic nitrogens is 3. The molecule has 0 saturated heterocycles. The first kappa shape index (κ1) is 23.5. The highest BCUT2D eigenvalue weighted by molar-refractivity contribution is 6.30. The van der Waals surface area contributed by atoms with Crippen LogP contribution in [0.4, 0.5) is 5.82 Å². The van der Waals surface area contributed by atoms with E-state index in [1.165, 1.54) is 0 Å². The molecule has 0 aliphatic carbocycles. The maximum absolute atomic E-state index is 13.1. The van der Waals surface area contributed by atoms with Gasteiger partial charge >= 0.3 is 0 Å². The molecule has 0 spiro atoms. The van der Waals surface area contributed by atoms with E-state index in [0.717, 1.165) is 23.1 Å². The molecule has 4 aromatic rings. The third-order valence-corrected chi connectivity index (χ3v) is 5.47. The molecule has 0 aliphatic rings. The summed E-state index contributed by atoms with van der Waals surface area (Å²) in [7, 11) is 1.86. The van der Waals surface area contributed by atoms with Crippen LogP contribution in [-0.2, 0) is 24.9 Å². The smallest absolute Gasteiger partial charge is 0.247 e. The van der Waals surface area contributed by atoms with Crippen LogP contribution in [-0.4, -0.2) is 27.2 Å². The van der Waals surface area contributed by atoms with Gasteiger partial charge in [-0.3, -0.25) is 9.48 Å². The fourth-order valence-corrected chi connectivity index (χ4v) is 3.60. The Morgan fingerprint density at radius 2 is 1.82 bits per heavy atom. The van der Waals surface area contributed by atoms with Crippen LogP contribution in [0.3, 0.4) is 0 Å². The number of carbonyl (C=O) groups excluding carboxylic acids is 1. The number of carbonyl (C=O) groups is 1. The lowest BCUT2D eigenvalue weighted by Gasteiger charge is -2.19. The van der Waals surface area contributed by atoms with E-state index in [2.05, 4.69) is 20.7 Å². The van der Waals surface area contributed by atoms with Crippen LogP contribution in [0.25, 0.3) is 0 Å². The molecule has 2 aromatic heterocycles. The standard InChI is InChI=1S/C26H26ClN5O2/c1-32-17-20(15-30-32)18-34-23-11-12-24(29-16-23)31-26(33)25(21-5-3-2-4-6-21)28-14-13-19-7-9-22(27)10-8-19/h2-12,15-17,25,28H,13-14,18H2,1H3,(H,29,31,33). The van der Waals surface area contributed by atoms with Crippen molar-refractivity contribution in [2.75, 3.05) is 11.9 Å². The highest BCUT2D eigenvalue weighted by Gasteiger charge is 2.20. The first-order valence-electron chi connectivity index (χ1n) is 11.0. The Morgan fingerprint density at radius 3 is 2.50 bits per heavy atom. The number of rotatable bonds is 10. The van der Waals surface area contributed by atoms with Crippen LogP contribution in [0.5, 0.6) is 5.75 Å². The minimum Gasteiger partial charge on any atom is -0.487 e. The molecule has 0 fully saturated rings. The molecular weight excluding hydrogens is 450 g/mol. The van der Waals surface area contributed by atoms with Gasteiger partial charge in [-0.05, 0) is 41.8 Å². The molecule has 1 atom stereocenters. The number of ether oxygens (including phenoxy) is 1. The van der Waals surface area contributed by atoms with Crippen LogP contribution in [0.15, 0.2) is 85.3 Å². The third kappa shape index (κ3) is 6.66. The Hall–Kier alpha value is -3.68. The average molecular weight is 476 g/mol. The average Bonchev–Trinajstić information content (AvgIpc) is 3.28. The lowest BCUT2D eigenvalue weighted by molar-refractivity contribution is -0.118. The largest absolute Gasteiger partial charge is 0.487 e. The van der Waals surface area contributed by atoms with Crippen molar-refractivity contribution in [3.05, 3.63) is 107 Å². The Kier molecular flexibility index (Phi) is 7.91. The summed E-state index contributed by atoms with van der Waals surface area (Å²) in [5, 5.41) is 11.1. The van der Waals surface area contributed by atoms with E-state index in [1.807, 2.05) is 67.8 Å². The summed E-state index contributed by atoms with van der Waals surface area (Å²) in [4.78, 5) is 17.5. The lowest BCUT2D eigenvalue weighted by Crippen LogP contribution is -2.34. The minimum absolute atomic E-state index is 0.182. The number of anilines is 1. The van der Waals surface area contributed by atoms with Gasteiger partial charge in [-0.1, -0.05) is 54.1 Å². The predicted octanol–water partition coefficient (Wildman–Crippen LogP) is 4.56. The number of benzene rings is 2. The molecule has 34 heavy (non-hydrogen) atoms. The van der Waals surface area contributed by atoms with Gasteiger partial charge in [-0.15, -0.1) is 0 Å². The molecule has 8 heteroatoms. The van der Waals surface area contributed by atoms with Gasteiger partial charge in [-0.2, -0.15) is 5.10 Å². The van der Waals surface area contributed by atoms with E-state index in [1.54, 1.807) is 29.2 Å². The number of nitrogens with one attached hydrogen (secondary N) is 2. The van der Waals surface area contributed by atoms with Gasteiger partial charge in [0.2, 0.25) is 5.91 Å². The van der Waals surface area contributed by atoms with Crippen LogP contribution in [0.2, 0.25) is 5.02 Å². The van der Waals surface area contributed by atoms with Crippen molar-refractivity contribution < 1.29 is 9.53 Å². The van der Waals surface area contributed by atoms with Gasteiger partial charge in [0.05, 0.1) is 12.4 Å². The Balaban J connectivity index is 1.36. The maximum Gasteiger partial charge on any atom is 0.247 e. The monoisotopic (exact) mass is 475 g/mol. The van der Waals surface area contributed by atoms with E-state index in [-0.39, 0.29) is 5.91 Å². The summed E-state index contributed by atoms with van der Waals surface area (Å²) < 4.78 is 7.46. The number of nitrogens with zero attached hydrogens (tertiary/aromatic N) is 3. The third-order valence-electron chi connectivity index (χ3n) is 5.22. The van der Waals surface area contributed by atoms with Crippen molar-refractivity contribution in [2.45, 2.75) is 19.1 Å². The number of hydrogen-bond acceptors (Lipinski definition) is 5. The van der Waals surface area contributed by atoms with Gasteiger partial charge in [0.1, 0.15) is 24.2 Å². The second-order valence-electron chi connectivity index (χ2n) is 7.85. The summed E-state index contributed by atoms with van der Waals surface area (Å²) in [6.07, 6.45) is 6.02. The SMILES string of the molecule is Cn1cc(COc2ccc(NC(=O)C(NCCc3ccc(Cl)cc3)c3ccccc3)nc2)cn1. The van der Waals surface area contributed by atoms with Gasteiger partial charge in [-0.25, -0.2) is 4.98 Å². The van der Waals surface area contributed by atoms with Crippen molar-refractivity contribution >= 4 is 23.3 Å². The molecule has 4 rings (SSSR count). The minimum atomic E-state index is -0.517. The number of pyridine rings is 1. The van der Waals surface area contributed by atoms with Crippen molar-refractivity contribution in [2.24, 2.45) is 7.05 Å². The number of hydrogen-bond donors (Lipinski definition) is 2. The molecule has 7 nitrogen and oxygen atoms in total. The Morgan fingerprint density at radius 1 is 1.03 bits per heavy atom. The highest BCUT2D eigenvalue weighted by atomic mass is 35.5. The second kappa shape index (κ2) is 11.4. The van der Waals surface area contributed by atoms with E-state index in [9.17, 15) is 4.79 Å². The predicted molar refractivity (Wildman–Crippen MR) is 133 cm³/mol. The summed E-state index contributed by atoms with van der Waals surface area (Å²) in [6, 6.07) is 20.3. The summed E-state index contributed by atoms with van der Waals surface area (Å²) in [5.74, 6) is 0.889. The summed E-state index contributed by atoms with van der Waals surface area (Å²) in [6.45, 7) is 1.03. The topological polar surface area (TPSA) is 81.1 Å². The first-order valence-corrected chi connectivity index (χ1v) is 11.3. The van der Waals surface area contributed by atoms with Crippen LogP contribution >= 0.6 is 11.6 Å². The van der Waals surface area contributed by atoms with Crippen molar-refractivity contribution in [1.82, 2.24) is 20.1 Å². The summed E-state index contributed by atoms with van der Waals surface area (Å²) in [5.41, 5.74) is 3.00. The fraction of sp³-hybridized carbons (Fsp3) is 0.192. The molecule has 2 aromatic carbocycles. The molecule has 0 bridgehead atoms. The van der Waals surface area contributed by atoms with E-state index >= 15 is 0 Å². The van der Waals surface area contributed by atoms with Crippen molar-refractivity contribution in [1.29, 1.82) is 0 Å². The summed E-state index contributed by atoms with van der Waals surface area (Å²) >= 11 is 5.97. The second-order valence-corrected chi connectivity index (χ2v) is 8.29. The first-order chi connectivity index (χ1) is 16.6. The van der Waals surface area contributed by atoms with Gasteiger partial charge < -0.3 is 15.4 Å². The number of amides is 1. The van der Waals surface area contributed by atoms with E-state index in [4.69, 9.17) is 16.3 Å². The zero-order valence-corrected chi connectivity index (χ0v) is 19.6. The fourth-order valence-electron chi connectivity index (χ4n) is 3.47.